The largest absolute Gasteiger partial charge is 0.347 e. The zero-order chi connectivity index (χ0) is 18.8. The van der Waals surface area contributed by atoms with Crippen molar-refractivity contribution in [2.45, 2.75) is 17.6 Å². The van der Waals surface area contributed by atoms with Gasteiger partial charge in [-0.3, -0.25) is 10.1 Å². The SMILES string of the molecule is CSc1ccc(CN[C@H]2CNC(=O)c3cc(-c4ccc(F)cc4)nn32)cc1. The fraction of sp³-hybridized carbons (Fsp3) is 0.200. The minimum atomic E-state index is -0.299. The zero-order valence-corrected chi connectivity index (χ0v) is 15.6. The van der Waals surface area contributed by atoms with E-state index in [2.05, 4.69) is 46.3 Å². The molecule has 2 aromatic carbocycles. The second-order valence-corrected chi connectivity index (χ2v) is 7.20. The van der Waals surface area contributed by atoms with Crippen molar-refractivity contribution < 1.29 is 9.18 Å². The van der Waals surface area contributed by atoms with Gasteiger partial charge in [0.2, 0.25) is 0 Å². The Bertz CT molecular complexity index is 953. The van der Waals surface area contributed by atoms with Crippen molar-refractivity contribution in [1.29, 1.82) is 0 Å². The van der Waals surface area contributed by atoms with Crippen LogP contribution in [0.15, 0.2) is 59.5 Å². The van der Waals surface area contributed by atoms with Gasteiger partial charge in [-0.1, -0.05) is 12.1 Å². The first-order valence-corrected chi connectivity index (χ1v) is 9.86. The van der Waals surface area contributed by atoms with Gasteiger partial charge in [-0.15, -0.1) is 11.8 Å². The van der Waals surface area contributed by atoms with Crippen molar-refractivity contribution in [2.75, 3.05) is 12.8 Å². The van der Waals surface area contributed by atoms with E-state index < -0.39 is 0 Å². The standard InChI is InChI=1S/C20H19FN4OS/c1-27-16-8-2-13(3-9-16)11-22-19-12-23-20(26)18-10-17(24-25(18)19)14-4-6-15(21)7-5-14/h2-10,19,22H,11-12H2,1H3,(H,23,26)/t19-/m1/s1. The van der Waals surface area contributed by atoms with Crippen LogP contribution in [0.1, 0.15) is 22.2 Å². The van der Waals surface area contributed by atoms with Gasteiger partial charge in [0.05, 0.1) is 12.2 Å². The second kappa shape index (κ2) is 7.54. The Labute approximate surface area is 161 Å². The predicted octanol–water partition coefficient (Wildman–Crippen LogP) is 3.44. The van der Waals surface area contributed by atoms with E-state index in [1.54, 1.807) is 34.6 Å². The van der Waals surface area contributed by atoms with Gasteiger partial charge < -0.3 is 5.32 Å². The highest BCUT2D eigenvalue weighted by Gasteiger charge is 2.27. The maximum absolute atomic E-state index is 13.2. The Kier molecular flexibility index (Phi) is 4.96. The molecule has 0 aliphatic carbocycles. The molecule has 0 radical (unpaired) electrons. The second-order valence-electron chi connectivity index (χ2n) is 6.32. The van der Waals surface area contributed by atoms with Gasteiger partial charge in [0, 0.05) is 17.0 Å². The molecule has 0 spiro atoms. The molecule has 2 heterocycles. The predicted molar refractivity (Wildman–Crippen MR) is 104 cm³/mol. The fourth-order valence-electron chi connectivity index (χ4n) is 3.07. The lowest BCUT2D eigenvalue weighted by Crippen LogP contribution is -2.45. The monoisotopic (exact) mass is 382 g/mol. The third-order valence-corrected chi connectivity index (χ3v) is 5.30. The molecular weight excluding hydrogens is 363 g/mol. The van der Waals surface area contributed by atoms with Gasteiger partial charge in [-0.25, -0.2) is 9.07 Å². The van der Waals surface area contributed by atoms with E-state index in [-0.39, 0.29) is 17.9 Å². The van der Waals surface area contributed by atoms with Crippen LogP contribution in [-0.4, -0.2) is 28.5 Å². The van der Waals surface area contributed by atoms with Crippen molar-refractivity contribution in [2.24, 2.45) is 0 Å². The van der Waals surface area contributed by atoms with E-state index in [9.17, 15) is 9.18 Å². The van der Waals surface area contributed by atoms with Gasteiger partial charge in [0.15, 0.2) is 0 Å². The molecule has 1 atom stereocenters. The number of benzene rings is 2. The molecule has 2 N–H and O–H groups in total. The van der Waals surface area contributed by atoms with Crippen LogP contribution in [0.2, 0.25) is 0 Å². The first-order valence-electron chi connectivity index (χ1n) is 8.64. The molecule has 138 valence electrons. The molecule has 1 amide bonds. The molecule has 27 heavy (non-hydrogen) atoms. The zero-order valence-electron chi connectivity index (χ0n) is 14.8. The number of nitrogens with zero attached hydrogens (tertiary/aromatic N) is 2. The van der Waals surface area contributed by atoms with Gasteiger partial charge in [-0.2, -0.15) is 5.10 Å². The number of thioether (sulfide) groups is 1. The van der Waals surface area contributed by atoms with Crippen LogP contribution in [-0.2, 0) is 6.54 Å². The number of nitrogens with one attached hydrogen (secondary N) is 2. The highest BCUT2D eigenvalue weighted by molar-refractivity contribution is 7.98. The Morgan fingerprint density at radius 1 is 1.22 bits per heavy atom. The van der Waals surface area contributed by atoms with Crippen LogP contribution in [0.3, 0.4) is 0 Å². The van der Waals surface area contributed by atoms with E-state index in [0.717, 1.165) is 11.1 Å². The number of rotatable bonds is 5. The summed E-state index contributed by atoms with van der Waals surface area (Å²) in [6.07, 6.45) is 1.91. The van der Waals surface area contributed by atoms with Crippen LogP contribution in [0, 0.1) is 5.82 Å². The van der Waals surface area contributed by atoms with Gasteiger partial charge in [0.1, 0.15) is 17.7 Å². The van der Waals surface area contributed by atoms with Crippen molar-refractivity contribution in [1.82, 2.24) is 20.4 Å². The summed E-state index contributed by atoms with van der Waals surface area (Å²) in [4.78, 5) is 13.4. The summed E-state index contributed by atoms with van der Waals surface area (Å²) in [6, 6.07) is 16.2. The quantitative estimate of drug-likeness (QED) is 0.664. The molecule has 0 bridgehead atoms. The van der Waals surface area contributed by atoms with Gasteiger partial charge in [-0.05, 0) is 54.3 Å². The highest BCUT2D eigenvalue weighted by Crippen LogP contribution is 2.23. The van der Waals surface area contributed by atoms with Gasteiger partial charge >= 0.3 is 0 Å². The molecule has 5 nitrogen and oxygen atoms in total. The fourth-order valence-corrected chi connectivity index (χ4v) is 3.48. The first kappa shape index (κ1) is 17.8. The van der Waals surface area contributed by atoms with Crippen molar-refractivity contribution in [3.8, 4) is 11.3 Å². The number of aromatic nitrogens is 2. The number of fused-ring (bicyclic) bond motifs is 1. The Morgan fingerprint density at radius 3 is 2.67 bits per heavy atom. The number of carbonyl (C=O) groups is 1. The van der Waals surface area contributed by atoms with Gasteiger partial charge in [0.25, 0.3) is 5.91 Å². The summed E-state index contributed by atoms with van der Waals surface area (Å²) >= 11 is 1.71. The Hall–Kier alpha value is -2.64. The molecular formula is C20H19FN4OS. The third kappa shape index (κ3) is 3.74. The van der Waals surface area contributed by atoms with E-state index in [1.165, 1.54) is 17.0 Å². The molecule has 0 saturated heterocycles. The molecule has 4 rings (SSSR count). The number of hydrogen-bond donors (Lipinski definition) is 2. The lowest BCUT2D eigenvalue weighted by molar-refractivity contribution is 0.0900. The minimum Gasteiger partial charge on any atom is -0.347 e. The minimum absolute atomic E-state index is 0.146. The van der Waals surface area contributed by atoms with Crippen LogP contribution >= 0.6 is 11.8 Å². The maximum Gasteiger partial charge on any atom is 0.269 e. The summed E-state index contributed by atoms with van der Waals surface area (Å²) < 4.78 is 14.9. The molecule has 3 aromatic rings. The summed E-state index contributed by atoms with van der Waals surface area (Å²) in [7, 11) is 0. The topological polar surface area (TPSA) is 58.9 Å². The van der Waals surface area contributed by atoms with E-state index >= 15 is 0 Å². The van der Waals surface area contributed by atoms with E-state index in [1.807, 2.05) is 0 Å². The smallest absolute Gasteiger partial charge is 0.269 e. The number of halogens is 1. The highest BCUT2D eigenvalue weighted by atomic mass is 32.2. The van der Waals surface area contributed by atoms with Crippen LogP contribution in [0.25, 0.3) is 11.3 Å². The van der Waals surface area contributed by atoms with Crippen molar-refractivity contribution in [3.05, 3.63) is 71.7 Å². The molecule has 1 aromatic heterocycles. The van der Waals surface area contributed by atoms with Crippen LogP contribution < -0.4 is 10.6 Å². The molecule has 0 fully saturated rings. The summed E-state index contributed by atoms with van der Waals surface area (Å²) in [5.41, 5.74) is 3.09. The molecule has 0 saturated carbocycles. The maximum atomic E-state index is 13.2. The summed E-state index contributed by atoms with van der Waals surface area (Å²) in [5.74, 6) is -0.453. The Morgan fingerprint density at radius 2 is 1.96 bits per heavy atom. The van der Waals surface area contributed by atoms with E-state index in [0.29, 0.717) is 24.5 Å². The van der Waals surface area contributed by atoms with Crippen molar-refractivity contribution in [3.63, 3.8) is 0 Å². The van der Waals surface area contributed by atoms with Crippen molar-refractivity contribution >= 4 is 17.7 Å². The number of amides is 1. The lowest BCUT2D eigenvalue weighted by Gasteiger charge is -2.25. The van der Waals surface area contributed by atoms with Crippen LogP contribution in [0.5, 0.6) is 0 Å². The molecule has 1 aliphatic heterocycles. The van der Waals surface area contributed by atoms with Crippen LogP contribution in [0.4, 0.5) is 4.39 Å². The third-order valence-electron chi connectivity index (χ3n) is 4.56. The Balaban J connectivity index is 1.55. The number of hydrogen-bond acceptors (Lipinski definition) is 4. The van der Waals surface area contributed by atoms with E-state index in [4.69, 9.17) is 0 Å². The molecule has 7 heteroatoms. The average molecular weight is 382 g/mol. The number of carbonyl (C=O) groups excluding carboxylic acids is 1. The normalized spacial score (nSPS) is 16.1. The first-order chi connectivity index (χ1) is 13.1. The summed E-state index contributed by atoms with van der Waals surface area (Å²) in [6.45, 7) is 1.12. The lowest BCUT2D eigenvalue weighted by atomic mass is 10.1. The molecule has 0 unspecified atom stereocenters. The molecule has 1 aliphatic rings. The average Bonchev–Trinajstić information content (AvgIpc) is 3.15. The summed E-state index contributed by atoms with van der Waals surface area (Å²) in [5, 5.41) is 10.9.